The monoisotopic (exact) mass is 294 g/mol. The summed E-state index contributed by atoms with van der Waals surface area (Å²) in [5.74, 6) is 0. The standard InChI is InChI=1S/C16H6O6/c17-13-7-3-1-4-8-11(7)12-9(15(19)21-13)5-2-6-10(12)16(20)22-14(8)18/h1-6H. The van der Waals surface area contributed by atoms with Crippen LogP contribution in [0.5, 0.6) is 0 Å². The topological polar surface area (TPSA) is 94.6 Å². The lowest BCUT2D eigenvalue weighted by Crippen LogP contribution is -2.07. The molecular formula is C16H6O6. The van der Waals surface area contributed by atoms with Crippen LogP contribution in [-0.2, 0) is 0 Å². The first-order valence-electron chi connectivity index (χ1n) is 6.37. The molecule has 0 aliphatic heterocycles. The molecule has 2 aromatic heterocycles. The van der Waals surface area contributed by atoms with Crippen LogP contribution < -0.4 is 22.5 Å². The lowest BCUT2D eigenvalue weighted by Gasteiger charge is -1.96. The molecule has 0 radical (unpaired) electrons. The van der Waals surface area contributed by atoms with E-state index < -0.39 is 22.5 Å². The molecule has 4 aromatic rings. The molecule has 0 unspecified atom stereocenters. The Labute approximate surface area is 120 Å². The first-order valence-corrected chi connectivity index (χ1v) is 6.37. The van der Waals surface area contributed by atoms with Crippen molar-refractivity contribution >= 4 is 32.3 Å². The summed E-state index contributed by atoms with van der Waals surface area (Å²) in [6, 6.07) is 8.66. The summed E-state index contributed by atoms with van der Waals surface area (Å²) in [5.41, 5.74) is -3.48. The molecular weight excluding hydrogens is 288 g/mol. The molecule has 2 aromatic carbocycles. The molecule has 0 bridgehead atoms. The maximum atomic E-state index is 12.1. The van der Waals surface area contributed by atoms with Gasteiger partial charge in [-0.3, -0.25) is 0 Å². The minimum Gasteiger partial charge on any atom is -0.386 e. The van der Waals surface area contributed by atoms with Crippen LogP contribution in [0.4, 0.5) is 0 Å². The van der Waals surface area contributed by atoms with Crippen LogP contribution in [0.2, 0.25) is 0 Å². The summed E-state index contributed by atoms with van der Waals surface area (Å²) in [7, 11) is 0. The molecule has 0 saturated heterocycles. The van der Waals surface area contributed by atoms with E-state index in [-0.39, 0.29) is 32.3 Å². The molecule has 6 heteroatoms. The molecule has 0 spiro atoms. The van der Waals surface area contributed by atoms with Gasteiger partial charge in [0.15, 0.2) is 0 Å². The second-order valence-corrected chi connectivity index (χ2v) is 4.81. The number of hydrogen-bond donors (Lipinski definition) is 0. The van der Waals surface area contributed by atoms with Crippen LogP contribution in [0.1, 0.15) is 0 Å². The third-order valence-corrected chi connectivity index (χ3v) is 3.63. The maximum absolute atomic E-state index is 12.1. The van der Waals surface area contributed by atoms with Gasteiger partial charge < -0.3 is 8.83 Å². The lowest BCUT2D eigenvalue weighted by atomic mass is 10.0. The van der Waals surface area contributed by atoms with E-state index in [2.05, 4.69) is 0 Å². The summed E-state index contributed by atoms with van der Waals surface area (Å²) in [4.78, 5) is 48.4. The Morgan fingerprint density at radius 2 is 0.773 bits per heavy atom. The van der Waals surface area contributed by atoms with Crippen molar-refractivity contribution in [3.05, 3.63) is 78.1 Å². The Balaban J connectivity index is 2.74. The predicted octanol–water partition coefficient (Wildman–Crippen LogP) is 1.21. The second kappa shape index (κ2) is 4.11. The molecule has 0 N–H and O–H groups in total. The number of benzene rings is 2. The van der Waals surface area contributed by atoms with Crippen molar-refractivity contribution in [3.8, 4) is 0 Å². The van der Waals surface area contributed by atoms with Crippen LogP contribution in [0.3, 0.4) is 0 Å². The van der Waals surface area contributed by atoms with Gasteiger partial charge in [-0.15, -0.1) is 0 Å². The first kappa shape index (κ1) is 12.5. The zero-order chi connectivity index (χ0) is 15.4. The van der Waals surface area contributed by atoms with E-state index in [0.717, 1.165) is 0 Å². The maximum Gasteiger partial charge on any atom is 0.346 e. The SMILES string of the molecule is O=c1oc(=O)c2cccc3c(=O)oc(=O)c4cccc1c4c23. The molecule has 0 saturated carbocycles. The van der Waals surface area contributed by atoms with Gasteiger partial charge >= 0.3 is 22.5 Å². The lowest BCUT2D eigenvalue weighted by molar-refractivity contribution is 0.490. The van der Waals surface area contributed by atoms with Gasteiger partial charge in [0.2, 0.25) is 0 Å². The van der Waals surface area contributed by atoms with E-state index in [4.69, 9.17) is 8.83 Å². The van der Waals surface area contributed by atoms with Gasteiger partial charge in [-0.05, 0) is 24.3 Å². The highest BCUT2D eigenvalue weighted by Gasteiger charge is 2.15. The van der Waals surface area contributed by atoms with E-state index >= 15 is 0 Å². The quantitative estimate of drug-likeness (QED) is 0.484. The van der Waals surface area contributed by atoms with Crippen molar-refractivity contribution in [2.24, 2.45) is 0 Å². The number of hydrogen-bond acceptors (Lipinski definition) is 6. The van der Waals surface area contributed by atoms with Crippen LogP contribution in [0.15, 0.2) is 64.4 Å². The highest BCUT2D eigenvalue weighted by atomic mass is 16.4. The Hall–Kier alpha value is -3.28. The van der Waals surface area contributed by atoms with E-state index in [1.807, 2.05) is 0 Å². The minimum absolute atomic E-state index is 0.0451. The van der Waals surface area contributed by atoms with Crippen molar-refractivity contribution in [2.75, 3.05) is 0 Å². The van der Waals surface area contributed by atoms with Crippen LogP contribution in [0, 0.1) is 0 Å². The molecule has 0 fully saturated rings. The fourth-order valence-electron chi connectivity index (χ4n) is 2.71. The molecule has 0 aliphatic rings. The van der Waals surface area contributed by atoms with Gasteiger partial charge in [0, 0.05) is 10.8 Å². The van der Waals surface area contributed by atoms with E-state index in [1.165, 1.54) is 36.4 Å². The molecule has 4 rings (SSSR count). The number of rotatable bonds is 0. The highest BCUT2D eigenvalue weighted by molar-refractivity contribution is 6.19. The average molecular weight is 294 g/mol. The molecule has 106 valence electrons. The average Bonchev–Trinajstić information content (AvgIpc) is 2.69. The summed E-state index contributed by atoms with van der Waals surface area (Å²) < 4.78 is 9.54. The zero-order valence-corrected chi connectivity index (χ0v) is 10.9. The van der Waals surface area contributed by atoms with Gasteiger partial charge in [0.05, 0.1) is 21.5 Å². The summed E-state index contributed by atoms with van der Waals surface area (Å²) >= 11 is 0. The third kappa shape index (κ3) is 1.49. The predicted molar refractivity (Wildman–Crippen MR) is 79.8 cm³/mol. The summed E-state index contributed by atoms with van der Waals surface area (Å²) in [6.07, 6.45) is 0. The Bertz CT molecular complexity index is 1100. The third-order valence-electron chi connectivity index (χ3n) is 3.63. The highest BCUT2D eigenvalue weighted by Crippen LogP contribution is 2.25. The molecule has 6 nitrogen and oxygen atoms in total. The molecule has 2 heterocycles. The van der Waals surface area contributed by atoms with Gasteiger partial charge in [-0.25, -0.2) is 19.2 Å². The smallest absolute Gasteiger partial charge is 0.346 e. The van der Waals surface area contributed by atoms with Crippen molar-refractivity contribution < 1.29 is 8.83 Å². The fourth-order valence-corrected chi connectivity index (χ4v) is 2.71. The second-order valence-electron chi connectivity index (χ2n) is 4.81. The van der Waals surface area contributed by atoms with Gasteiger partial charge in [0.25, 0.3) is 0 Å². The summed E-state index contributed by atoms with van der Waals surface area (Å²) in [6.45, 7) is 0. The zero-order valence-electron chi connectivity index (χ0n) is 10.9. The van der Waals surface area contributed by atoms with Crippen LogP contribution in [0.25, 0.3) is 32.3 Å². The van der Waals surface area contributed by atoms with Crippen molar-refractivity contribution in [1.29, 1.82) is 0 Å². The van der Waals surface area contributed by atoms with Crippen LogP contribution in [-0.4, -0.2) is 0 Å². The van der Waals surface area contributed by atoms with Crippen molar-refractivity contribution in [2.45, 2.75) is 0 Å². The van der Waals surface area contributed by atoms with Gasteiger partial charge in [-0.2, -0.15) is 0 Å². The minimum atomic E-state index is -0.869. The Morgan fingerprint density at radius 1 is 0.500 bits per heavy atom. The van der Waals surface area contributed by atoms with E-state index in [0.29, 0.717) is 0 Å². The van der Waals surface area contributed by atoms with E-state index in [9.17, 15) is 19.2 Å². The van der Waals surface area contributed by atoms with Crippen molar-refractivity contribution in [3.63, 3.8) is 0 Å². The van der Waals surface area contributed by atoms with Gasteiger partial charge in [0.1, 0.15) is 0 Å². The largest absolute Gasteiger partial charge is 0.386 e. The summed E-state index contributed by atoms with van der Waals surface area (Å²) in [5, 5.41) is 0.569. The fraction of sp³-hybridized carbons (Fsp3) is 0. The van der Waals surface area contributed by atoms with Crippen molar-refractivity contribution in [1.82, 2.24) is 0 Å². The Kier molecular flexibility index (Phi) is 2.33. The molecule has 22 heavy (non-hydrogen) atoms. The normalized spacial score (nSPS) is 11.5. The van der Waals surface area contributed by atoms with Gasteiger partial charge in [-0.1, -0.05) is 12.1 Å². The Morgan fingerprint density at radius 3 is 1.05 bits per heavy atom. The van der Waals surface area contributed by atoms with E-state index in [1.54, 1.807) is 0 Å². The molecule has 0 atom stereocenters. The van der Waals surface area contributed by atoms with Crippen LogP contribution >= 0.6 is 0 Å². The first-order chi connectivity index (χ1) is 10.6. The molecule has 0 amide bonds. The molecule has 0 aliphatic carbocycles.